The van der Waals surface area contributed by atoms with E-state index in [1.807, 2.05) is 22.7 Å². The number of hydrogen-bond acceptors (Lipinski definition) is 3. The van der Waals surface area contributed by atoms with Crippen LogP contribution in [0, 0.1) is 0 Å². The minimum atomic E-state index is 1.10. The lowest BCUT2D eigenvalue weighted by molar-refractivity contribution is 1.56. The Bertz CT molecular complexity index is 1790. The van der Waals surface area contributed by atoms with Crippen molar-refractivity contribution in [2.75, 3.05) is 5.32 Å². The van der Waals surface area contributed by atoms with Gasteiger partial charge in [-0.3, -0.25) is 0 Å². The average molecular weight is 458 g/mol. The summed E-state index contributed by atoms with van der Waals surface area (Å²) >= 11 is 3.71. The molecule has 0 amide bonds. The Morgan fingerprint density at radius 3 is 1.61 bits per heavy atom. The lowest BCUT2D eigenvalue weighted by atomic mass is 10.0. The fourth-order valence-corrected chi connectivity index (χ4v) is 6.79. The predicted octanol–water partition coefficient (Wildman–Crippen LogP) is 9.83. The zero-order valence-corrected chi connectivity index (χ0v) is 19.3. The van der Waals surface area contributed by atoms with E-state index in [2.05, 4.69) is 115 Å². The van der Waals surface area contributed by atoms with E-state index in [0.717, 1.165) is 11.4 Å². The smallest absolute Gasteiger partial charge is 0.0391 e. The number of benzene rings is 5. The minimum Gasteiger partial charge on any atom is -0.356 e. The number of rotatable bonds is 3. The Labute approximate surface area is 199 Å². The van der Waals surface area contributed by atoms with E-state index in [1.165, 1.54) is 51.5 Å². The normalized spacial score (nSPS) is 11.6. The second-order valence-electron chi connectivity index (χ2n) is 8.32. The molecule has 5 aromatic carbocycles. The standard InChI is InChI=1S/C30H19NS2/c1-3-7-27-23(5-1)25-17-20(11-15-29(25)32-27)19-9-12-21(13-10-19)31-22-14-16-30-26(18-22)24-6-2-4-8-28(24)33-30/h1-18,31H. The lowest BCUT2D eigenvalue weighted by Gasteiger charge is -2.09. The van der Waals surface area contributed by atoms with Gasteiger partial charge in [-0.2, -0.15) is 0 Å². The van der Waals surface area contributed by atoms with Gasteiger partial charge in [0.2, 0.25) is 0 Å². The molecule has 1 nitrogen and oxygen atoms in total. The number of thiophene rings is 2. The molecule has 2 aromatic heterocycles. The van der Waals surface area contributed by atoms with Crippen molar-refractivity contribution >= 4 is 74.4 Å². The molecule has 0 radical (unpaired) electrons. The van der Waals surface area contributed by atoms with Crippen molar-refractivity contribution in [3.63, 3.8) is 0 Å². The van der Waals surface area contributed by atoms with Crippen LogP contribution in [0.25, 0.3) is 51.5 Å². The Morgan fingerprint density at radius 1 is 0.394 bits per heavy atom. The zero-order chi connectivity index (χ0) is 21.8. The molecule has 0 atom stereocenters. The first-order valence-corrected chi connectivity index (χ1v) is 12.7. The maximum Gasteiger partial charge on any atom is 0.0391 e. The Morgan fingerprint density at radius 2 is 0.909 bits per heavy atom. The van der Waals surface area contributed by atoms with Crippen LogP contribution < -0.4 is 5.32 Å². The number of anilines is 2. The molecule has 156 valence electrons. The Hall–Kier alpha value is -3.66. The average Bonchev–Trinajstić information content (AvgIpc) is 3.42. The van der Waals surface area contributed by atoms with Crippen LogP contribution in [-0.2, 0) is 0 Å². The molecule has 0 spiro atoms. The quantitative estimate of drug-likeness (QED) is 0.278. The molecule has 33 heavy (non-hydrogen) atoms. The van der Waals surface area contributed by atoms with Gasteiger partial charge in [-0.15, -0.1) is 22.7 Å². The van der Waals surface area contributed by atoms with E-state index < -0.39 is 0 Å². The molecule has 7 aromatic rings. The lowest BCUT2D eigenvalue weighted by Crippen LogP contribution is -1.89. The highest BCUT2D eigenvalue weighted by Gasteiger charge is 2.08. The van der Waals surface area contributed by atoms with Crippen LogP contribution in [-0.4, -0.2) is 0 Å². The summed E-state index contributed by atoms with van der Waals surface area (Å²) in [5.74, 6) is 0. The first-order chi connectivity index (χ1) is 16.3. The second-order valence-corrected chi connectivity index (χ2v) is 10.5. The van der Waals surface area contributed by atoms with Gasteiger partial charge in [-0.25, -0.2) is 0 Å². The summed E-state index contributed by atoms with van der Waals surface area (Å²) < 4.78 is 5.35. The fourth-order valence-electron chi connectivity index (χ4n) is 4.62. The summed E-state index contributed by atoms with van der Waals surface area (Å²) in [6, 6.07) is 39.5. The molecule has 0 fully saturated rings. The molecule has 0 saturated heterocycles. The van der Waals surface area contributed by atoms with Crippen molar-refractivity contribution in [1.82, 2.24) is 0 Å². The number of hydrogen-bond donors (Lipinski definition) is 1. The SMILES string of the molecule is c1ccc2c(c1)sc1ccc(Nc3ccc(-c4ccc5sc6ccccc6c5c4)cc3)cc12. The van der Waals surface area contributed by atoms with Crippen molar-refractivity contribution in [1.29, 1.82) is 0 Å². The largest absolute Gasteiger partial charge is 0.356 e. The maximum atomic E-state index is 3.59. The monoisotopic (exact) mass is 457 g/mol. The topological polar surface area (TPSA) is 12.0 Å². The molecule has 2 heterocycles. The van der Waals surface area contributed by atoms with Crippen molar-refractivity contribution in [3.8, 4) is 11.1 Å². The summed E-state index contributed by atoms with van der Waals surface area (Å²) in [6.07, 6.45) is 0. The summed E-state index contributed by atoms with van der Waals surface area (Å²) in [4.78, 5) is 0. The Kier molecular flexibility index (Phi) is 4.26. The second kappa shape index (κ2) is 7.45. The third kappa shape index (κ3) is 3.20. The molecule has 7 rings (SSSR count). The first kappa shape index (κ1) is 18.9. The molecule has 3 heteroatoms. The van der Waals surface area contributed by atoms with Crippen LogP contribution >= 0.6 is 22.7 Å². The van der Waals surface area contributed by atoms with E-state index >= 15 is 0 Å². The van der Waals surface area contributed by atoms with Gasteiger partial charge >= 0.3 is 0 Å². The van der Waals surface area contributed by atoms with Crippen molar-refractivity contribution < 1.29 is 0 Å². The highest BCUT2D eigenvalue weighted by molar-refractivity contribution is 7.26. The predicted molar refractivity (Wildman–Crippen MR) is 147 cm³/mol. The minimum absolute atomic E-state index is 1.10. The highest BCUT2D eigenvalue weighted by atomic mass is 32.1. The van der Waals surface area contributed by atoms with E-state index in [9.17, 15) is 0 Å². The van der Waals surface area contributed by atoms with Crippen LogP contribution in [0.15, 0.2) is 109 Å². The number of fused-ring (bicyclic) bond motifs is 6. The van der Waals surface area contributed by atoms with Gasteiger partial charge in [0, 0.05) is 51.7 Å². The van der Waals surface area contributed by atoms with E-state index in [-0.39, 0.29) is 0 Å². The third-order valence-corrected chi connectivity index (χ3v) is 8.56. The van der Waals surface area contributed by atoms with Crippen LogP contribution in [0.1, 0.15) is 0 Å². The van der Waals surface area contributed by atoms with Crippen LogP contribution in [0.5, 0.6) is 0 Å². The van der Waals surface area contributed by atoms with Gasteiger partial charge in [0.05, 0.1) is 0 Å². The Balaban J connectivity index is 1.21. The van der Waals surface area contributed by atoms with Crippen LogP contribution in [0.2, 0.25) is 0 Å². The first-order valence-electron chi connectivity index (χ1n) is 11.0. The molecular formula is C30H19NS2. The van der Waals surface area contributed by atoms with Gasteiger partial charge in [0.25, 0.3) is 0 Å². The summed E-state index contributed by atoms with van der Waals surface area (Å²) in [6.45, 7) is 0. The summed E-state index contributed by atoms with van der Waals surface area (Å²) in [5, 5.41) is 8.91. The van der Waals surface area contributed by atoms with Crippen molar-refractivity contribution in [3.05, 3.63) is 109 Å². The fraction of sp³-hybridized carbons (Fsp3) is 0. The molecule has 0 bridgehead atoms. The van der Waals surface area contributed by atoms with Gasteiger partial charge in [-0.1, -0.05) is 54.6 Å². The number of nitrogens with one attached hydrogen (secondary N) is 1. The van der Waals surface area contributed by atoms with Crippen LogP contribution in [0.3, 0.4) is 0 Å². The highest BCUT2D eigenvalue weighted by Crippen LogP contribution is 2.37. The van der Waals surface area contributed by atoms with Crippen molar-refractivity contribution in [2.45, 2.75) is 0 Å². The van der Waals surface area contributed by atoms with Gasteiger partial charge in [0.15, 0.2) is 0 Å². The maximum absolute atomic E-state index is 3.59. The van der Waals surface area contributed by atoms with E-state index in [0.29, 0.717) is 0 Å². The molecule has 0 aliphatic rings. The molecule has 1 N–H and O–H groups in total. The molecule has 0 saturated carbocycles. The third-order valence-electron chi connectivity index (χ3n) is 6.26. The van der Waals surface area contributed by atoms with E-state index in [4.69, 9.17) is 0 Å². The molecule has 0 unspecified atom stereocenters. The molecular weight excluding hydrogens is 438 g/mol. The van der Waals surface area contributed by atoms with E-state index in [1.54, 1.807) is 0 Å². The summed E-state index contributed by atoms with van der Waals surface area (Å²) in [7, 11) is 0. The summed E-state index contributed by atoms with van der Waals surface area (Å²) in [5.41, 5.74) is 4.70. The van der Waals surface area contributed by atoms with Gasteiger partial charge in [-0.05, 0) is 65.7 Å². The van der Waals surface area contributed by atoms with Gasteiger partial charge in [0.1, 0.15) is 0 Å². The molecule has 0 aliphatic carbocycles. The van der Waals surface area contributed by atoms with Gasteiger partial charge < -0.3 is 5.32 Å². The van der Waals surface area contributed by atoms with Crippen LogP contribution in [0.4, 0.5) is 11.4 Å². The van der Waals surface area contributed by atoms with Crippen molar-refractivity contribution in [2.24, 2.45) is 0 Å². The molecule has 0 aliphatic heterocycles. The zero-order valence-electron chi connectivity index (χ0n) is 17.7.